The van der Waals surface area contributed by atoms with Crippen LogP contribution in [0.5, 0.6) is 0 Å². The van der Waals surface area contributed by atoms with E-state index in [0.717, 1.165) is 51.1 Å². The molecule has 0 aromatic rings. The Balaban J connectivity index is 0. The van der Waals surface area contributed by atoms with Crippen molar-refractivity contribution in [2.75, 3.05) is 45.8 Å². The summed E-state index contributed by atoms with van der Waals surface area (Å²) in [6.07, 6.45) is 3.67. The molecule has 0 bridgehead atoms. The minimum atomic E-state index is 0. The third kappa shape index (κ3) is 16.7. The molecule has 1 unspecified atom stereocenters. The molecule has 0 spiro atoms. The average molecular weight is 349 g/mol. The monoisotopic (exact) mass is 348 g/mol. The number of hydrogen-bond acceptors (Lipinski definition) is 4. The molecule has 124 valence electrons. The molecule has 1 rings (SSSR count). The van der Waals surface area contributed by atoms with Crippen LogP contribution in [0.4, 0.5) is 0 Å². The first-order chi connectivity index (χ1) is 9.35. The smallest absolute Gasteiger partial charge is 1.00 e. The second-order valence-electron chi connectivity index (χ2n) is 4.70. The summed E-state index contributed by atoms with van der Waals surface area (Å²) in [6.45, 7) is 12.0. The number of rotatable bonds is 1. The first-order valence-electron chi connectivity index (χ1n) is 7.74. The van der Waals surface area contributed by atoms with Crippen LogP contribution in [-0.2, 0) is 16.0 Å². The maximum absolute atomic E-state index is 3.61. The first kappa shape index (κ1) is 22.9. The maximum atomic E-state index is 3.61. The molecule has 1 aliphatic rings. The van der Waals surface area contributed by atoms with Crippen LogP contribution in [0.1, 0.15) is 33.1 Å². The van der Waals surface area contributed by atoms with Crippen molar-refractivity contribution in [3.63, 3.8) is 0 Å². The molecule has 1 heterocycles. The van der Waals surface area contributed by atoms with Crippen molar-refractivity contribution in [1.29, 1.82) is 0 Å². The van der Waals surface area contributed by atoms with Gasteiger partial charge in [-0.3, -0.25) is 0 Å². The van der Waals surface area contributed by atoms with Gasteiger partial charge in [0.05, 0.1) is 0 Å². The van der Waals surface area contributed by atoms with Crippen molar-refractivity contribution in [3.05, 3.63) is 0 Å². The Morgan fingerprint density at radius 1 is 0.850 bits per heavy atom. The topological polar surface area (TPSA) is 48.1 Å². The van der Waals surface area contributed by atoms with Gasteiger partial charge in [-0.1, -0.05) is 6.92 Å². The molecular weight excluding hydrogens is 315 g/mol. The van der Waals surface area contributed by atoms with Gasteiger partial charge in [-0.25, -0.2) is 0 Å². The molecule has 0 aromatic heterocycles. The van der Waals surface area contributed by atoms with Crippen LogP contribution >= 0.6 is 0 Å². The van der Waals surface area contributed by atoms with Crippen LogP contribution in [0.25, 0.3) is 0 Å². The number of halogens is 1. The van der Waals surface area contributed by atoms with Gasteiger partial charge in [0.1, 0.15) is 0 Å². The number of hydrogen-bond donors (Lipinski definition) is 4. The summed E-state index contributed by atoms with van der Waals surface area (Å²) in [4.78, 5) is 0. The van der Waals surface area contributed by atoms with Crippen molar-refractivity contribution >= 4 is 0 Å². The van der Waals surface area contributed by atoms with Crippen molar-refractivity contribution in [2.45, 2.75) is 44.5 Å². The predicted molar refractivity (Wildman–Crippen MR) is 80.4 cm³/mol. The maximum Gasteiger partial charge on any atom is -1.00 e. The SMILES string of the molecule is CCC1CCNCCNCCCNCCN1.C[CH2][Fe+].[Cl-]. The Morgan fingerprint density at radius 3 is 1.90 bits per heavy atom. The van der Waals surface area contributed by atoms with E-state index >= 15 is 0 Å². The molecule has 0 radical (unpaired) electrons. The van der Waals surface area contributed by atoms with E-state index in [0.29, 0.717) is 6.04 Å². The average Bonchev–Trinajstić information content (AvgIpc) is 2.42. The molecule has 4 N–H and O–H groups in total. The molecule has 0 aromatic carbocycles. The fourth-order valence-corrected chi connectivity index (χ4v) is 1.98. The second-order valence-corrected chi connectivity index (χ2v) is 5.48. The molecular formula is C14H33ClFeN4. The molecule has 6 heteroatoms. The van der Waals surface area contributed by atoms with Gasteiger partial charge in [-0.05, 0) is 38.9 Å². The summed E-state index contributed by atoms with van der Waals surface area (Å²) in [5.41, 5.74) is 0. The van der Waals surface area contributed by atoms with Gasteiger partial charge in [0.2, 0.25) is 0 Å². The second kappa shape index (κ2) is 19.6. The van der Waals surface area contributed by atoms with Gasteiger partial charge in [-0.2, -0.15) is 0 Å². The normalized spacial score (nSPS) is 22.6. The van der Waals surface area contributed by atoms with Crippen LogP contribution < -0.4 is 33.7 Å². The van der Waals surface area contributed by atoms with Gasteiger partial charge in [-0.15, -0.1) is 0 Å². The Morgan fingerprint density at radius 2 is 1.35 bits per heavy atom. The quantitative estimate of drug-likeness (QED) is 0.410. The zero-order chi connectivity index (χ0) is 14.2. The molecule has 20 heavy (non-hydrogen) atoms. The van der Waals surface area contributed by atoms with Crippen LogP contribution in [0.2, 0.25) is 5.32 Å². The summed E-state index contributed by atoms with van der Waals surface area (Å²) in [5.74, 6) is 0. The van der Waals surface area contributed by atoms with Crippen LogP contribution in [0.3, 0.4) is 0 Å². The van der Waals surface area contributed by atoms with E-state index in [1.807, 2.05) is 6.92 Å². The third-order valence-electron chi connectivity index (χ3n) is 3.08. The van der Waals surface area contributed by atoms with Gasteiger partial charge in [0.15, 0.2) is 0 Å². The minimum Gasteiger partial charge on any atom is -1.00 e. The Hall–Kier alpha value is 0.649. The van der Waals surface area contributed by atoms with E-state index in [-0.39, 0.29) is 12.4 Å². The fraction of sp³-hybridized carbons (Fsp3) is 1.00. The standard InChI is InChI=1S/C12H28N4.C2H5.ClH.Fe/c1-2-12-4-7-15-9-8-13-5-3-6-14-10-11-16-12;1-2;;/h12-16H,2-11H2,1H3;1H2,2H3;1H;/q;;;+1/p-1. The van der Waals surface area contributed by atoms with E-state index in [1.165, 1.54) is 19.3 Å². The summed E-state index contributed by atoms with van der Waals surface area (Å²) >= 11 is 3.49. The summed E-state index contributed by atoms with van der Waals surface area (Å²) in [7, 11) is 0. The van der Waals surface area contributed by atoms with Crippen molar-refractivity contribution < 1.29 is 28.4 Å². The van der Waals surface area contributed by atoms with Crippen LogP contribution in [-0.4, -0.2) is 51.9 Å². The molecule has 1 fully saturated rings. The summed E-state index contributed by atoms with van der Waals surface area (Å²) in [6, 6.07) is 0.671. The molecule has 1 atom stereocenters. The van der Waals surface area contributed by atoms with Crippen LogP contribution in [0, 0.1) is 0 Å². The zero-order valence-electron chi connectivity index (χ0n) is 13.1. The summed E-state index contributed by atoms with van der Waals surface area (Å²) in [5, 5.41) is 15.0. The Kier molecular flexibility index (Phi) is 22.5. The first-order valence-corrected chi connectivity index (χ1v) is 8.53. The summed E-state index contributed by atoms with van der Waals surface area (Å²) < 4.78 is 0. The van der Waals surface area contributed by atoms with E-state index in [4.69, 9.17) is 0 Å². The Labute approximate surface area is 140 Å². The number of nitrogens with one attached hydrogen (secondary N) is 4. The van der Waals surface area contributed by atoms with Crippen LogP contribution in [0.15, 0.2) is 0 Å². The van der Waals surface area contributed by atoms with E-state index < -0.39 is 0 Å². The fourth-order valence-electron chi connectivity index (χ4n) is 1.98. The largest absolute Gasteiger partial charge is 1.00 e. The third-order valence-corrected chi connectivity index (χ3v) is 3.08. The van der Waals surface area contributed by atoms with Gasteiger partial charge < -0.3 is 33.7 Å². The Bertz CT molecular complexity index is 161. The van der Waals surface area contributed by atoms with E-state index in [1.54, 1.807) is 0 Å². The van der Waals surface area contributed by atoms with E-state index in [2.05, 4.69) is 44.2 Å². The van der Waals surface area contributed by atoms with Crippen molar-refractivity contribution in [2.24, 2.45) is 0 Å². The van der Waals surface area contributed by atoms with Crippen molar-refractivity contribution in [1.82, 2.24) is 21.3 Å². The molecule has 0 saturated carbocycles. The molecule has 0 aliphatic carbocycles. The molecule has 1 saturated heterocycles. The van der Waals surface area contributed by atoms with Gasteiger partial charge in [0, 0.05) is 32.2 Å². The van der Waals surface area contributed by atoms with Gasteiger partial charge in [0.25, 0.3) is 0 Å². The van der Waals surface area contributed by atoms with E-state index in [9.17, 15) is 0 Å². The molecule has 1 aliphatic heterocycles. The molecule has 4 nitrogen and oxygen atoms in total. The van der Waals surface area contributed by atoms with Crippen molar-refractivity contribution in [3.8, 4) is 0 Å². The van der Waals surface area contributed by atoms with Gasteiger partial charge >= 0.3 is 28.3 Å². The zero-order valence-corrected chi connectivity index (χ0v) is 14.9. The molecule has 0 amide bonds. The minimum absolute atomic E-state index is 0. The predicted octanol–water partition coefficient (Wildman–Crippen LogP) is -2.11.